The fraction of sp³-hybridized carbons (Fsp3) is 0.375. The summed E-state index contributed by atoms with van der Waals surface area (Å²) in [7, 11) is 5.62. The molecule has 0 radical (unpaired) electrons. The molecule has 1 atom stereocenters. The van der Waals surface area contributed by atoms with E-state index in [9.17, 15) is 5.11 Å². The quantitative estimate of drug-likeness (QED) is 0.478. The third-order valence-corrected chi connectivity index (χ3v) is 4.85. The molecule has 0 saturated carbocycles. The Hall–Kier alpha value is -2.87. The molecule has 3 rings (SSSR count). The smallest absolute Gasteiger partial charge is 0.161 e. The molecule has 0 fully saturated rings. The zero-order valence-electron chi connectivity index (χ0n) is 18.4. The maximum atomic E-state index is 10.4. The van der Waals surface area contributed by atoms with E-state index in [2.05, 4.69) is 27.1 Å². The second kappa shape index (κ2) is 11.5. The molecule has 0 unspecified atom stereocenters. The van der Waals surface area contributed by atoms with Gasteiger partial charge in [0.25, 0.3) is 0 Å². The number of benzene rings is 2. The molecule has 0 aliphatic carbocycles. The van der Waals surface area contributed by atoms with E-state index in [-0.39, 0.29) is 6.61 Å². The highest BCUT2D eigenvalue weighted by molar-refractivity contribution is 5.43. The van der Waals surface area contributed by atoms with Crippen molar-refractivity contribution >= 4 is 0 Å². The van der Waals surface area contributed by atoms with E-state index in [1.54, 1.807) is 13.4 Å². The molecular weight excluding hydrogens is 394 g/mol. The van der Waals surface area contributed by atoms with E-state index in [4.69, 9.17) is 14.0 Å². The van der Waals surface area contributed by atoms with Gasteiger partial charge in [-0.05, 0) is 37.4 Å². The molecule has 0 aliphatic heterocycles. The molecule has 0 aliphatic rings. The van der Waals surface area contributed by atoms with Gasteiger partial charge in [0.05, 0.1) is 12.8 Å². The van der Waals surface area contributed by atoms with E-state index in [1.165, 1.54) is 5.56 Å². The van der Waals surface area contributed by atoms with Crippen LogP contribution in [-0.4, -0.2) is 60.5 Å². The Balaban J connectivity index is 1.52. The third-order valence-electron chi connectivity index (χ3n) is 4.85. The zero-order valence-corrected chi connectivity index (χ0v) is 18.4. The number of aromatic nitrogens is 1. The van der Waals surface area contributed by atoms with Crippen LogP contribution in [0, 0.1) is 0 Å². The summed E-state index contributed by atoms with van der Waals surface area (Å²) in [4.78, 5) is 4.21. The normalized spacial score (nSPS) is 12.3. The number of methoxy groups -OCH3 is 1. The van der Waals surface area contributed by atoms with Crippen LogP contribution in [0.15, 0.2) is 65.4 Å². The third kappa shape index (κ3) is 7.40. The molecule has 0 spiro atoms. The largest absolute Gasteiger partial charge is 0.493 e. The summed E-state index contributed by atoms with van der Waals surface area (Å²) < 4.78 is 16.2. The molecule has 1 N–H and O–H groups in total. The zero-order chi connectivity index (χ0) is 22.1. The number of ether oxygens (including phenoxy) is 2. The van der Waals surface area contributed by atoms with Crippen LogP contribution < -0.4 is 9.47 Å². The number of hydrogen-bond donors (Lipinski definition) is 1. The first-order chi connectivity index (χ1) is 15.0. The highest BCUT2D eigenvalue weighted by Gasteiger charge is 2.13. The Labute approximate surface area is 183 Å². The van der Waals surface area contributed by atoms with Gasteiger partial charge in [-0.1, -0.05) is 41.6 Å². The van der Waals surface area contributed by atoms with Crippen molar-refractivity contribution in [2.24, 2.45) is 0 Å². The van der Waals surface area contributed by atoms with Crippen molar-refractivity contribution in [3.05, 3.63) is 77.7 Å². The SMILES string of the molecule is COc1ccc(CN(C)Cc2ccon2)cc1OC[C@H](O)CN(C)Cc1ccccc1. The predicted molar refractivity (Wildman–Crippen MR) is 119 cm³/mol. The van der Waals surface area contributed by atoms with E-state index in [0.29, 0.717) is 24.6 Å². The Morgan fingerprint density at radius 3 is 2.42 bits per heavy atom. The summed E-state index contributed by atoms with van der Waals surface area (Å²) in [5.74, 6) is 1.27. The van der Waals surface area contributed by atoms with Crippen molar-refractivity contribution < 1.29 is 19.1 Å². The standard InChI is InChI=1S/C24H31N3O4/c1-26(16-21-11-12-31-25-21)15-20-9-10-23(29-3)24(13-20)30-18-22(28)17-27(2)14-19-7-5-4-6-8-19/h4-13,22,28H,14-18H2,1-3H3/t22-/m1/s1. The van der Waals surface area contributed by atoms with E-state index < -0.39 is 6.10 Å². The second-order valence-electron chi connectivity index (χ2n) is 7.80. The van der Waals surface area contributed by atoms with Crippen LogP contribution >= 0.6 is 0 Å². The first-order valence-electron chi connectivity index (χ1n) is 10.3. The fourth-order valence-electron chi connectivity index (χ4n) is 3.45. The molecule has 1 heterocycles. The van der Waals surface area contributed by atoms with E-state index in [0.717, 1.165) is 24.3 Å². The molecule has 0 amide bonds. The Kier molecular flexibility index (Phi) is 8.46. The topological polar surface area (TPSA) is 71.2 Å². The number of hydrogen-bond acceptors (Lipinski definition) is 7. The lowest BCUT2D eigenvalue weighted by atomic mass is 10.2. The summed E-state index contributed by atoms with van der Waals surface area (Å²) in [6.45, 7) is 2.88. The lowest BCUT2D eigenvalue weighted by Crippen LogP contribution is -2.32. The first kappa shape index (κ1) is 22.8. The van der Waals surface area contributed by atoms with Crippen molar-refractivity contribution in [2.45, 2.75) is 25.7 Å². The van der Waals surface area contributed by atoms with Crippen molar-refractivity contribution in [3.63, 3.8) is 0 Å². The predicted octanol–water partition coefficient (Wildman–Crippen LogP) is 3.19. The molecule has 1 aromatic heterocycles. The maximum Gasteiger partial charge on any atom is 0.161 e. The number of nitrogens with zero attached hydrogens (tertiary/aromatic N) is 3. The number of likely N-dealkylation sites (N-methyl/N-ethyl adjacent to an activating group) is 1. The Morgan fingerprint density at radius 2 is 1.71 bits per heavy atom. The van der Waals surface area contributed by atoms with Crippen LogP contribution in [-0.2, 0) is 19.6 Å². The van der Waals surface area contributed by atoms with E-state index in [1.807, 2.05) is 56.6 Å². The van der Waals surface area contributed by atoms with Gasteiger partial charge in [0, 0.05) is 32.2 Å². The van der Waals surface area contributed by atoms with Gasteiger partial charge in [0.1, 0.15) is 19.0 Å². The maximum absolute atomic E-state index is 10.4. The average Bonchev–Trinajstić information content (AvgIpc) is 3.26. The van der Waals surface area contributed by atoms with Gasteiger partial charge in [0.15, 0.2) is 11.5 Å². The monoisotopic (exact) mass is 425 g/mol. The minimum Gasteiger partial charge on any atom is -0.493 e. The van der Waals surface area contributed by atoms with Gasteiger partial charge in [-0.3, -0.25) is 9.80 Å². The Morgan fingerprint density at radius 1 is 0.935 bits per heavy atom. The fourth-order valence-corrected chi connectivity index (χ4v) is 3.45. The Bertz CT molecular complexity index is 902. The van der Waals surface area contributed by atoms with Crippen molar-refractivity contribution in [3.8, 4) is 11.5 Å². The van der Waals surface area contributed by atoms with Crippen LogP contribution in [0.4, 0.5) is 0 Å². The van der Waals surface area contributed by atoms with Crippen LogP contribution in [0.5, 0.6) is 11.5 Å². The van der Waals surface area contributed by atoms with Crippen LogP contribution in [0.25, 0.3) is 0 Å². The summed E-state index contributed by atoms with van der Waals surface area (Å²) in [6, 6.07) is 17.9. The molecule has 2 aromatic carbocycles. The molecule has 31 heavy (non-hydrogen) atoms. The molecular formula is C24H31N3O4. The highest BCUT2D eigenvalue weighted by atomic mass is 16.5. The van der Waals surface area contributed by atoms with Gasteiger partial charge >= 0.3 is 0 Å². The summed E-state index contributed by atoms with van der Waals surface area (Å²) in [5, 5.41) is 14.4. The average molecular weight is 426 g/mol. The molecule has 7 heteroatoms. The number of aliphatic hydroxyl groups is 1. The molecule has 7 nitrogen and oxygen atoms in total. The van der Waals surface area contributed by atoms with Crippen molar-refractivity contribution in [2.75, 3.05) is 34.4 Å². The number of rotatable bonds is 12. The lowest BCUT2D eigenvalue weighted by Gasteiger charge is -2.22. The van der Waals surface area contributed by atoms with Crippen LogP contribution in [0.2, 0.25) is 0 Å². The lowest BCUT2D eigenvalue weighted by molar-refractivity contribution is 0.0732. The van der Waals surface area contributed by atoms with Crippen LogP contribution in [0.3, 0.4) is 0 Å². The van der Waals surface area contributed by atoms with Gasteiger partial charge in [-0.2, -0.15) is 0 Å². The van der Waals surface area contributed by atoms with Gasteiger partial charge in [-0.15, -0.1) is 0 Å². The minimum atomic E-state index is -0.614. The summed E-state index contributed by atoms with van der Waals surface area (Å²) >= 11 is 0. The van der Waals surface area contributed by atoms with Gasteiger partial charge in [0.2, 0.25) is 0 Å². The highest BCUT2D eigenvalue weighted by Crippen LogP contribution is 2.29. The van der Waals surface area contributed by atoms with Gasteiger partial charge in [-0.25, -0.2) is 0 Å². The number of aliphatic hydroxyl groups excluding tert-OH is 1. The second-order valence-corrected chi connectivity index (χ2v) is 7.80. The molecule has 166 valence electrons. The minimum absolute atomic E-state index is 0.188. The first-order valence-corrected chi connectivity index (χ1v) is 10.3. The van der Waals surface area contributed by atoms with Crippen molar-refractivity contribution in [1.29, 1.82) is 0 Å². The van der Waals surface area contributed by atoms with Gasteiger partial charge < -0.3 is 19.1 Å². The summed E-state index contributed by atoms with van der Waals surface area (Å²) in [6.07, 6.45) is 0.961. The van der Waals surface area contributed by atoms with E-state index >= 15 is 0 Å². The molecule has 0 saturated heterocycles. The molecule has 0 bridgehead atoms. The van der Waals surface area contributed by atoms with Crippen molar-refractivity contribution in [1.82, 2.24) is 15.0 Å². The summed E-state index contributed by atoms with van der Waals surface area (Å²) in [5.41, 5.74) is 3.18. The van der Waals surface area contributed by atoms with Crippen LogP contribution in [0.1, 0.15) is 16.8 Å². The molecule has 3 aromatic rings.